The number of halogens is 3. The van der Waals surface area contributed by atoms with Crippen LogP contribution in [0.25, 0.3) is 0 Å². The summed E-state index contributed by atoms with van der Waals surface area (Å²) in [6.07, 6.45) is -2.39. The number of hydrogen-bond acceptors (Lipinski definition) is 2. The van der Waals surface area contributed by atoms with Crippen molar-refractivity contribution in [1.29, 1.82) is 0 Å². The number of benzene rings is 1. The number of rotatable bonds is 6. The summed E-state index contributed by atoms with van der Waals surface area (Å²) in [6.45, 7) is 3.64. The Balaban J connectivity index is 2.10. The molecule has 1 saturated carbocycles. The van der Waals surface area contributed by atoms with Gasteiger partial charge in [0, 0.05) is 18.6 Å². The van der Waals surface area contributed by atoms with Crippen LogP contribution in [0.15, 0.2) is 18.2 Å². The van der Waals surface area contributed by atoms with Crippen molar-refractivity contribution in [3.63, 3.8) is 0 Å². The van der Waals surface area contributed by atoms with Gasteiger partial charge in [0.15, 0.2) is 0 Å². The molecule has 0 saturated heterocycles. The molecular formula is C16H23F3N2. The summed E-state index contributed by atoms with van der Waals surface area (Å²) in [5.74, 6) is 0. The molecule has 0 radical (unpaired) electrons. The predicted molar refractivity (Wildman–Crippen MR) is 78.4 cm³/mol. The highest BCUT2D eigenvalue weighted by Gasteiger charge is 2.38. The molecule has 0 aliphatic heterocycles. The Morgan fingerprint density at radius 2 is 1.90 bits per heavy atom. The second-order valence-electron chi connectivity index (χ2n) is 5.96. The van der Waals surface area contributed by atoms with Crippen molar-refractivity contribution in [1.82, 2.24) is 10.2 Å². The first-order valence-electron chi connectivity index (χ1n) is 7.35. The van der Waals surface area contributed by atoms with E-state index >= 15 is 0 Å². The molecule has 1 fully saturated rings. The molecule has 1 atom stereocenters. The van der Waals surface area contributed by atoms with Gasteiger partial charge in [-0.3, -0.25) is 4.90 Å². The Morgan fingerprint density at radius 1 is 1.24 bits per heavy atom. The summed E-state index contributed by atoms with van der Waals surface area (Å²) in [5.41, 5.74) is 3.41. The van der Waals surface area contributed by atoms with Crippen LogP contribution in [0, 0.1) is 13.8 Å². The Hall–Kier alpha value is -1.07. The SMILES string of the molecule is CNC(CN(CC(F)(F)F)C1CC1)c1ccc(C)c(C)c1. The van der Waals surface area contributed by atoms with E-state index in [-0.39, 0.29) is 12.1 Å². The van der Waals surface area contributed by atoms with E-state index in [1.807, 2.05) is 26.0 Å². The van der Waals surface area contributed by atoms with E-state index in [1.165, 1.54) is 11.1 Å². The largest absolute Gasteiger partial charge is 0.401 e. The molecule has 0 heterocycles. The van der Waals surface area contributed by atoms with Gasteiger partial charge in [-0.1, -0.05) is 18.2 Å². The van der Waals surface area contributed by atoms with E-state index in [2.05, 4.69) is 11.4 Å². The smallest absolute Gasteiger partial charge is 0.312 e. The molecule has 2 rings (SSSR count). The van der Waals surface area contributed by atoms with Gasteiger partial charge in [-0.05, 0) is 50.4 Å². The van der Waals surface area contributed by atoms with Gasteiger partial charge in [-0.15, -0.1) is 0 Å². The quantitative estimate of drug-likeness (QED) is 0.863. The zero-order chi connectivity index (χ0) is 15.6. The third-order valence-electron chi connectivity index (χ3n) is 4.14. The Kier molecular flexibility index (Phi) is 4.94. The van der Waals surface area contributed by atoms with Crippen LogP contribution in [0.3, 0.4) is 0 Å². The minimum Gasteiger partial charge on any atom is -0.312 e. The zero-order valence-electron chi connectivity index (χ0n) is 12.8. The zero-order valence-corrected chi connectivity index (χ0v) is 12.8. The maximum Gasteiger partial charge on any atom is 0.401 e. The summed E-state index contributed by atoms with van der Waals surface area (Å²) in [4.78, 5) is 1.57. The highest BCUT2D eigenvalue weighted by molar-refractivity contribution is 5.32. The first kappa shape index (κ1) is 16.3. The molecule has 1 N–H and O–H groups in total. The first-order valence-corrected chi connectivity index (χ1v) is 7.35. The molecule has 0 aromatic heterocycles. The van der Waals surface area contributed by atoms with E-state index in [1.54, 1.807) is 11.9 Å². The maximum absolute atomic E-state index is 12.7. The summed E-state index contributed by atoms with van der Waals surface area (Å²) in [6, 6.07) is 6.11. The monoisotopic (exact) mass is 300 g/mol. The number of nitrogens with zero attached hydrogens (tertiary/aromatic N) is 1. The molecule has 0 amide bonds. The second kappa shape index (κ2) is 6.36. The number of nitrogens with one attached hydrogen (secondary N) is 1. The molecule has 0 bridgehead atoms. The van der Waals surface area contributed by atoms with Crippen molar-refractivity contribution in [2.75, 3.05) is 20.1 Å². The summed E-state index contributed by atoms with van der Waals surface area (Å²) in [5, 5.41) is 3.15. The highest BCUT2D eigenvalue weighted by Crippen LogP contribution is 2.32. The van der Waals surface area contributed by atoms with Gasteiger partial charge in [0.05, 0.1) is 6.54 Å². The van der Waals surface area contributed by atoms with Crippen LogP contribution in [0.4, 0.5) is 13.2 Å². The molecule has 1 aromatic carbocycles. The Morgan fingerprint density at radius 3 is 2.38 bits per heavy atom. The molecule has 5 heteroatoms. The van der Waals surface area contributed by atoms with Crippen molar-refractivity contribution in [2.45, 2.75) is 44.9 Å². The number of alkyl halides is 3. The van der Waals surface area contributed by atoms with Crippen molar-refractivity contribution < 1.29 is 13.2 Å². The fraction of sp³-hybridized carbons (Fsp3) is 0.625. The van der Waals surface area contributed by atoms with Gasteiger partial charge in [0.25, 0.3) is 0 Å². The molecule has 1 aliphatic carbocycles. The van der Waals surface area contributed by atoms with Gasteiger partial charge >= 0.3 is 6.18 Å². The van der Waals surface area contributed by atoms with Crippen LogP contribution >= 0.6 is 0 Å². The molecule has 0 spiro atoms. The molecule has 1 aromatic rings. The molecule has 118 valence electrons. The fourth-order valence-electron chi connectivity index (χ4n) is 2.59. The van der Waals surface area contributed by atoms with Crippen molar-refractivity contribution in [3.8, 4) is 0 Å². The Labute approximate surface area is 124 Å². The van der Waals surface area contributed by atoms with E-state index in [4.69, 9.17) is 0 Å². The van der Waals surface area contributed by atoms with Gasteiger partial charge in [0.2, 0.25) is 0 Å². The molecule has 1 unspecified atom stereocenters. The maximum atomic E-state index is 12.7. The molecule has 1 aliphatic rings. The number of aryl methyl sites for hydroxylation is 2. The summed E-state index contributed by atoms with van der Waals surface area (Å²) < 4.78 is 38.1. The summed E-state index contributed by atoms with van der Waals surface area (Å²) in [7, 11) is 1.80. The fourth-order valence-corrected chi connectivity index (χ4v) is 2.59. The molecule has 2 nitrogen and oxygen atoms in total. The van der Waals surface area contributed by atoms with Crippen molar-refractivity contribution >= 4 is 0 Å². The lowest BCUT2D eigenvalue weighted by Crippen LogP contribution is -2.41. The van der Waals surface area contributed by atoms with Crippen molar-refractivity contribution in [3.05, 3.63) is 34.9 Å². The summed E-state index contributed by atoms with van der Waals surface area (Å²) >= 11 is 0. The second-order valence-corrected chi connectivity index (χ2v) is 5.96. The Bertz CT molecular complexity index is 481. The van der Waals surface area contributed by atoms with E-state index < -0.39 is 12.7 Å². The van der Waals surface area contributed by atoms with Gasteiger partial charge in [0.1, 0.15) is 0 Å². The topological polar surface area (TPSA) is 15.3 Å². The molecular weight excluding hydrogens is 277 g/mol. The van der Waals surface area contributed by atoms with Crippen LogP contribution in [-0.4, -0.2) is 37.3 Å². The van der Waals surface area contributed by atoms with Gasteiger partial charge in [-0.25, -0.2) is 0 Å². The normalized spacial score (nSPS) is 17.3. The minimum absolute atomic E-state index is 0.0766. The average Bonchev–Trinajstić information content (AvgIpc) is 3.21. The van der Waals surface area contributed by atoms with Crippen LogP contribution in [0.2, 0.25) is 0 Å². The van der Waals surface area contributed by atoms with Crippen LogP contribution in [0.5, 0.6) is 0 Å². The molecule has 21 heavy (non-hydrogen) atoms. The van der Waals surface area contributed by atoms with Crippen LogP contribution in [0.1, 0.15) is 35.6 Å². The van der Waals surface area contributed by atoms with E-state index in [0.717, 1.165) is 18.4 Å². The lowest BCUT2D eigenvalue weighted by molar-refractivity contribution is -0.147. The van der Waals surface area contributed by atoms with E-state index in [0.29, 0.717) is 6.54 Å². The number of likely N-dealkylation sites (N-methyl/N-ethyl adjacent to an activating group) is 1. The van der Waals surface area contributed by atoms with Crippen LogP contribution < -0.4 is 5.32 Å². The van der Waals surface area contributed by atoms with Crippen molar-refractivity contribution in [2.24, 2.45) is 0 Å². The van der Waals surface area contributed by atoms with Gasteiger partial charge in [-0.2, -0.15) is 13.2 Å². The highest BCUT2D eigenvalue weighted by atomic mass is 19.4. The van der Waals surface area contributed by atoms with E-state index in [9.17, 15) is 13.2 Å². The lowest BCUT2D eigenvalue weighted by Gasteiger charge is -2.28. The third-order valence-corrected chi connectivity index (χ3v) is 4.14. The third kappa shape index (κ3) is 4.71. The first-order chi connectivity index (χ1) is 9.80. The lowest BCUT2D eigenvalue weighted by atomic mass is 10.0. The standard InChI is InChI=1S/C16H23F3N2/c1-11-4-5-13(8-12(11)2)15(20-3)9-21(14-6-7-14)10-16(17,18)19/h4-5,8,14-15,20H,6-7,9-10H2,1-3H3. The van der Waals surface area contributed by atoms with Gasteiger partial charge < -0.3 is 5.32 Å². The van der Waals surface area contributed by atoms with Crippen LogP contribution in [-0.2, 0) is 0 Å². The minimum atomic E-state index is -4.13. The average molecular weight is 300 g/mol. The number of hydrogen-bond donors (Lipinski definition) is 1. The predicted octanol–water partition coefficient (Wildman–Crippen LogP) is 3.59.